The minimum atomic E-state index is -0.366. The van der Waals surface area contributed by atoms with Crippen LogP contribution in [-0.2, 0) is 9.59 Å². The zero-order valence-electron chi connectivity index (χ0n) is 9.14. The van der Waals surface area contributed by atoms with Crippen LogP contribution in [0.15, 0.2) is 12.7 Å². The van der Waals surface area contributed by atoms with E-state index in [1.165, 1.54) is 6.08 Å². The quantitative estimate of drug-likeness (QED) is 0.653. The van der Waals surface area contributed by atoms with E-state index in [0.29, 0.717) is 13.1 Å². The van der Waals surface area contributed by atoms with Gasteiger partial charge >= 0.3 is 0 Å². The van der Waals surface area contributed by atoms with Crippen LogP contribution in [0.3, 0.4) is 0 Å². The molecule has 0 heterocycles. The van der Waals surface area contributed by atoms with E-state index in [-0.39, 0.29) is 17.2 Å². The first-order valence-corrected chi connectivity index (χ1v) is 5.33. The molecule has 1 aliphatic carbocycles. The van der Waals surface area contributed by atoms with Gasteiger partial charge in [-0.05, 0) is 25.8 Å². The summed E-state index contributed by atoms with van der Waals surface area (Å²) in [4.78, 5) is 22.8. The first kappa shape index (κ1) is 11.8. The average Bonchev–Trinajstić information content (AvgIpc) is 2.16. The van der Waals surface area contributed by atoms with Crippen molar-refractivity contribution in [2.24, 2.45) is 5.41 Å². The highest BCUT2D eigenvalue weighted by molar-refractivity contribution is 5.88. The van der Waals surface area contributed by atoms with Gasteiger partial charge in [-0.25, -0.2) is 0 Å². The summed E-state index contributed by atoms with van der Waals surface area (Å²) in [6, 6.07) is 0. The van der Waals surface area contributed by atoms with E-state index in [4.69, 9.17) is 0 Å². The third kappa shape index (κ3) is 2.58. The Morgan fingerprint density at radius 2 is 2.07 bits per heavy atom. The van der Waals surface area contributed by atoms with Gasteiger partial charge in [0.25, 0.3) is 0 Å². The van der Waals surface area contributed by atoms with Gasteiger partial charge in [0.1, 0.15) is 0 Å². The lowest BCUT2D eigenvalue weighted by molar-refractivity contribution is -0.136. The Hall–Kier alpha value is -1.32. The van der Waals surface area contributed by atoms with Crippen molar-refractivity contribution >= 4 is 11.8 Å². The Bertz CT molecular complexity index is 270. The number of hydrogen-bond acceptors (Lipinski definition) is 2. The molecule has 1 aliphatic rings. The van der Waals surface area contributed by atoms with Gasteiger partial charge in [0.15, 0.2) is 0 Å². The Morgan fingerprint density at radius 1 is 1.40 bits per heavy atom. The predicted octanol–water partition coefficient (Wildman–Crippen LogP) is 0.595. The molecule has 0 aromatic carbocycles. The SMILES string of the molecule is C=CC(=O)NCC1(C(=O)NCC)CCC1. The summed E-state index contributed by atoms with van der Waals surface area (Å²) in [5, 5.41) is 5.51. The first-order valence-electron chi connectivity index (χ1n) is 5.33. The zero-order chi connectivity index (χ0) is 11.3. The predicted molar refractivity (Wildman–Crippen MR) is 58.2 cm³/mol. The Balaban J connectivity index is 2.49. The van der Waals surface area contributed by atoms with Crippen LogP contribution in [0.5, 0.6) is 0 Å². The fraction of sp³-hybridized carbons (Fsp3) is 0.636. The minimum absolute atomic E-state index is 0.0561. The average molecular weight is 210 g/mol. The summed E-state index contributed by atoms with van der Waals surface area (Å²) in [6.07, 6.45) is 4.00. The second-order valence-corrected chi connectivity index (χ2v) is 3.92. The topological polar surface area (TPSA) is 58.2 Å². The summed E-state index contributed by atoms with van der Waals surface area (Å²) >= 11 is 0. The zero-order valence-corrected chi connectivity index (χ0v) is 9.14. The van der Waals surface area contributed by atoms with Crippen molar-refractivity contribution in [2.45, 2.75) is 26.2 Å². The Labute approximate surface area is 90.1 Å². The van der Waals surface area contributed by atoms with E-state index >= 15 is 0 Å². The molecular weight excluding hydrogens is 192 g/mol. The van der Waals surface area contributed by atoms with Gasteiger partial charge in [0.05, 0.1) is 5.41 Å². The van der Waals surface area contributed by atoms with Crippen LogP contribution in [-0.4, -0.2) is 24.9 Å². The van der Waals surface area contributed by atoms with Crippen LogP contribution in [0.4, 0.5) is 0 Å². The fourth-order valence-electron chi connectivity index (χ4n) is 1.76. The Morgan fingerprint density at radius 3 is 2.47 bits per heavy atom. The highest BCUT2D eigenvalue weighted by atomic mass is 16.2. The summed E-state index contributed by atoms with van der Waals surface area (Å²) < 4.78 is 0. The van der Waals surface area contributed by atoms with Crippen LogP contribution in [0.25, 0.3) is 0 Å². The van der Waals surface area contributed by atoms with Crippen molar-refractivity contribution in [3.63, 3.8) is 0 Å². The van der Waals surface area contributed by atoms with Gasteiger partial charge in [0.2, 0.25) is 11.8 Å². The van der Waals surface area contributed by atoms with E-state index in [0.717, 1.165) is 19.3 Å². The van der Waals surface area contributed by atoms with Crippen molar-refractivity contribution in [1.29, 1.82) is 0 Å². The molecule has 0 bridgehead atoms. The lowest BCUT2D eigenvalue weighted by Crippen LogP contribution is -2.52. The maximum absolute atomic E-state index is 11.8. The third-order valence-electron chi connectivity index (χ3n) is 2.92. The standard InChI is InChI=1S/C11H18N2O2/c1-3-9(14)13-8-11(6-5-7-11)10(15)12-4-2/h3H,1,4-8H2,2H3,(H,12,15)(H,13,14). The molecule has 0 unspecified atom stereocenters. The number of amides is 2. The molecule has 0 aliphatic heterocycles. The Kier molecular flexibility index (Phi) is 3.88. The normalized spacial score (nSPS) is 17.4. The van der Waals surface area contributed by atoms with Gasteiger partial charge in [-0.1, -0.05) is 13.0 Å². The minimum Gasteiger partial charge on any atom is -0.356 e. The number of nitrogens with one attached hydrogen (secondary N) is 2. The molecule has 2 amide bonds. The molecule has 84 valence electrons. The molecule has 2 N–H and O–H groups in total. The van der Waals surface area contributed by atoms with Gasteiger partial charge in [-0.15, -0.1) is 0 Å². The molecular formula is C11H18N2O2. The van der Waals surface area contributed by atoms with Gasteiger partial charge < -0.3 is 10.6 Å². The van der Waals surface area contributed by atoms with Crippen molar-refractivity contribution in [2.75, 3.05) is 13.1 Å². The maximum atomic E-state index is 11.8. The van der Waals surface area contributed by atoms with Crippen LogP contribution >= 0.6 is 0 Å². The monoisotopic (exact) mass is 210 g/mol. The van der Waals surface area contributed by atoms with Crippen LogP contribution in [0.1, 0.15) is 26.2 Å². The largest absolute Gasteiger partial charge is 0.356 e. The number of carbonyl (C=O) groups is 2. The molecule has 4 heteroatoms. The lowest BCUT2D eigenvalue weighted by Gasteiger charge is -2.40. The first-order chi connectivity index (χ1) is 7.14. The van der Waals surface area contributed by atoms with Crippen LogP contribution in [0, 0.1) is 5.41 Å². The van der Waals surface area contributed by atoms with Crippen molar-refractivity contribution in [3.8, 4) is 0 Å². The number of carbonyl (C=O) groups excluding carboxylic acids is 2. The molecule has 1 fully saturated rings. The van der Waals surface area contributed by atoms with Gasteiger partial charge in [-0.2, -0.15) is 0 Å². The van der Waals surface area contributed by atoms with E-state index in [9.17, 15) is 9.59 Å². The van der Waals surface area contributed by atoms with Gasteiger partial charge in [0, 0.05) is 13.1 Å². The van der Waals surface area contributed by atoms with Crippen molar-refractivity contribution in [3.05, 3.63) is 12.7 Å². The van der Waals surface area contributed by atoms with E-state index in [1.54, 1.807) is 0 Å². The summed E-state index contributed by atoms with van der Waals surface area (Å²) in [7, 11) is 0. The van der Waals surface area contributed by atoms with Crippen molar-refractivity contribution in [1.82, 2.24) is 10.6 Å². The summed E-state index contributed by atoms with van der Waals surface area (Å²) in [5.74, 6) is -0.161. The molecule has 0 spiro atoms. The maximum Gasteiger partial charge on any atom is 0.243 e. The fourth-order valence-corrected chi connectivity index (χ4v) is 1.76. The van der Waals surface area contributed by atoms with E-state index in [1.807, 2.05) is 6.92 Å². The number of rotatable bonds is 5. The molecule has 1 saturated carbocycles. The molecule has 4 nitrogen and oxygen atoms in total. The van der Waals surface area contributed by atoms with E-state index in [2.05, 4.69) is 17.2 Å². The highest BCUT2D eigenvalue weighted by Crippen LogP contribution is 2.40. The van der Waals surface area contributed by atoms with Crippen molar-refractivity contribution < 1.29 is 9.59 Å². The summed E-state index contributed by atoms with van der Waals surface area (Å²) in [6.45, 7) is 6.32. The highest BCUT2D eigenvalue weighted by Gasteiger charge is 2.43. The number of hydrogen-bond donors (Lipinski definition) is 2. The second kappa shape index (κ2) is 4.96. The molecule has 15 heavy (non-hydrogen) atoms. The molecule has 0 radical (unpaired) electrons. The second-order valence-electron chi connectivity index (χ2n) is 3.92. The smallest absolute Gasteiger partial charge is 0.243 e. The molecule has 0 saturated heterocycles. The molecule has 0 aromatic heterocycles. The van der Waals surface area contributed by atoms with Gasteiger partial charge in [-0.3, -0.25) is 9.59 Å². The molecule has 1 rings (SSSR count). The molecule has 0 atom stereocenters. The van der Waals surface area contributed by atoms with Crippen LogP contribution in [0.2, 0.25) is 0 Å². The van der Waals surface area contributed by atoms with Crippen LogP contribution < -0.4 is 10.6 Å². The third-order valence-corrected chi connectivity index (χ3v) is 2.92. The lowest BCUT2D eigenvalue weighted by atomic mass is 9.68. The molecule has 0 aromatic rings. The summed E-state index contributed by atoms with van der Waals surface area (Å²) in [5.41, 5.74) is -0.366. The van der Waals surface area contributed by atoms with E-state index < -0.39 is 0 Å².